The van der Waals surface area contributed by atoms with Crippen molar-refractivity contribution < 1.29 is 9.53 Å². The molecule has 27 heavy (non-hydrogen) atoms. The zero-order chi connectivity index (χ0) is 17.7. The van der Waals surface area contributed by atoms with Gasteiger partial charge in [-0.2, -0.15) is 5.26 Å². The van der Waals surface area contributed by atoms with Crippen molar-refractivity contribution in [3.8, 4) is 6.07 Å². The monoisotopic (exact) mass is 417 g/mol. The van der Waals surface area contributed by atoms with Crippen LogP contribution in [-0.4, -0.2) is 53.1 Å². The smallest absolute Gasteiger partial charge is 0.240 e. The van der Waals surface area contributed by atoms with Crippen LogP contribution >= 0.6 is 24.8 Å². The molecular formula is C18H29Cl2N5O2. The Morgan fingerprint density at radius 2 is 2.19 bits per heavy atom. The van der Waals surface area contributed by atoms with E-state index in [-0.39, 0.29) is 36.8 Å². The van der Waals surface area contributed by atoms with Gasteiger partial charge < -0.3 is 15.0 Å². The number of halogens is 2. The van der Waals surface area contributed by atoms with Gasteiger partial charge in [0.2, 0.25) is 5.91 Å². The van der Waals surface area contributed by atoms with Crippen LogP contribution in [0.15, 0.2) is 12.5 Å². The Morgan fingerprint density at radius 1 is 1.44 bits per heavy atom. The normalized spacial score (nSPS) is 24.3. The van der Waals surface area contributed by atoms with Gasteiger partial charge in [0.15, 0.2) is 0 Å². The Morgan fingerprint density at radius 3 is 2.78 bits per heavy atom. The van der Waals surface area contributed by atoms with Gasteiger partial charge in [-0.1, -0.05) is 13.3 Å². The first-order valence-corrected chi connectivity index (χ1v) is 9.16. The summed E-state index contributed by atoms with van der Waals surface area (Å²) in [6, 6.07) is 2.37. The van der Waals surface area contributed by atoms with E-state index in [2.05, 4.69) is 33.2 Å². The molecular weight excluding hydrogens is 389 g/mol. The summed E-state index contributed by atoms with van der Waals surface area (Å²) in [7, 11) is 0. The predicted molar refractivity (Wildman–Crippen MR) is 107 cm³/mol. The number of hydrogen-bond donors (Lipinski definition) is 2. The van der Waals surface area contributed by atoms with Gasteiger partial charge in [0.1, 0.15) is 5.41 Å². The number of rotatable bonds is 6. The molecule has 0 radical (unpaired) electrons. The van der Waals surface area contributed by atoms with Gasteiger partial charge in [-0.3, -0.25) is 9.69 Å². The van der Waals surface area contributed by atoms with E-state index < -0.39 is 5.41 Å². The molecule has 2 saturated heterocycles. The van der Waals surface area contributed by atoms with Crippen molar-refractivity contribution in [2.75, 3.05) is 26.3 Å². The maximum absolute atomic E-state index is 12.9. The molecule has 0 unspecified atom stereocenters. The summed E-state index contributed by atoms with van der Waals surface area (Å²) in [5.74, 6) is 0.306. The standard InChI is InChI=1S/C18H27N5O2.2ClH/c1-2-3-14-9-23(10-15-8-20-13-21-15)11-16(14)22-17(24)18(12-19)4-6-25-7-5-18;;/h8,13-14,16H,2-7,9-11H2,1H3,(H,20,21)(H,22,24);2*1H/t14-,16-;;/m0../s1. The second-order valence-corrected chi connectivity index (χ2v) is 7.21. The molecule has 0 aliphatic carbocycles. The van der Waals surface area contributed by atoms with Gasteiger partial charge in [-0.05, 0) is 25.2 Å². The lowest BCUT2D eigenvalue weighted by Gasteiger charge is -2.31. The number of aromatic amines is 1. The van der Waals surface area contributed by atoms with Gasteiger partial charge in [-0.15, -0.1) is 24.8 Å². The first-order valence-electron chi connectivity index (χ1n) is 9.16. The Labute approximate surface area is 173 Å². The molecule has 2 aliphatic rings. The van der Waals surface area contributed by atoms with Gasteiger partial charge in [0, 0.05) is 50.8 Å². The average molecular weight is 418 g/mol. The summed E-state index contributed by atoms with van der Waals surface area (Å²) in [6.45, 7) is 5.72. The number of hydrogen-bond acceptors (Lipinski definition) is 5. The number of amides is 1. The van der Waals surface area contributed by atoms with Gasteiger partial charge in [0.05, 0.1) is 12.4 Å². The van der Waals surface area contributed by atoms with Crippen molar-refractivity contribution in [2.45, 2.75) is 45.2 Å². The van der Waals surface area contributed by atoms with E-state index in [1.807, 2.05) is 6.20 Å². The minimum absolute atomic E-state index is 0. The molecule has 7 nitrogen and oxygen atoms in total. The van der Waals surface area contributed by atoms with Gasteiger partial charge >= 0.3 is 0 Å². The predicted octanol–water partition coefficient (Wildman–Crippen LogP) is 2.29. The first kappa shape index (κ1) is 23.7. The molecule has 0 spiro atoms. The zero-order valence-electron chi connectivity index (χ0n) is 15.6. The maximum Gasteiger partial charge on any atom is 0.240 e. The molecule has 0 saturated carbocycles. The number of likely N-dealkylation sites (tertiary alicyclic amines) is 1. The lowest BCUT2D eigenvalue weighted by molar-refractivity contribution is -0.133. The molecule has 0 bridgehead atoms. The fourth-order valence-electron chi connectivity index (χ4n) is 3.94. The highest BCUT2D eigenvalue weighted by Crippen LogP contribution is 2.31. The second-order valence-electron chi connectivity index (χ2n) is 7.21. The van der Waals surface area contributed by atoms with Crippen LogP contribution in [0.3, 0.4) is 0 Å². The van der Waals surface area contributed by atoms with E-state index >= 15 is 0 Å². The molecule has 3 rings (SSSR count). The molecule has 2 atom stereocenters. The number of ether oxygens (including phenoxy) is 1. The Kier molecular flexibility index (Phi) is 9.54. The van der Waals surface area contributed by atoms with E-state index in [1.54, 1.807) is 6.33 Å². The zero-order valence-corrected chi connectivity index (χ0v) is 17.3. The topological polar surface area (TPSA) is 94.0 Å². The van der Waals surface area contributed by atoms with E-state index in [9.17, 15) is 10.1 Å². The van der Waals surface area contributed by atoms with Crippen LogP contribution in [-0.2, 0) is 16.1 Å². The van der Waals surface area contributed by atoms with Crippen LogP contribution in [0.1, 0.15) is 38.3 Å². The molecule has 1 aromatic rings. The number of H-pyrrole nitrogens is 1. The number of carbonyl (C=O) groups excluding carboxylic acids is 1. The number of nitriles is 1. The van der Waals surface area contributed by atoms with Gasteiger partial charge in [-0.25, -0.2) is 4.98 Å². The second kappa shape index (κ2) is 10.9. The highest BCUT2D eigenvalue weighted by Gasteiger charge is 2.43. The summed E-state index contributed by atoms with van der Waals surface area (Å²) < 4.78 is 5.33. The molecule has 3 heterocycles. The highest BCUT2D eigenvalue weighted by atomic mass is 35.5. The van der Waals surface area contributed by atoms with E-state index in [1.165, 1.54) is 0 Å². The third-order valence-corrected chi connectivity index (χ3v) is 5.44. The quantitative estimate of drug-likeness (QED) is 0.740. The van der Waals surface area contributed by atoms with Gasteiger partial charge in [0.25, 0.3) is 0 Å². The molecule has 1 aromatic heterocycles. The maximum atomic E-state index is 12.9. The van der Waals surface area contributed by atoms with Crippen molar-refractivity contribution in [2.24, 2.45) is 11.3 Å². The lowest BCUT2D eigenvalue weighted by atomic mass is 9.80. The van der Waals surface area contributed by atoms with Crippen LogP contribution in [0.2, 0.25) is 0 Å². The number of imidazole rings is 1. The van der Waals surface area contributed by atoms with Crippen molar-refractivity contribution in [1.82, 2.24) is 20.2 Å². The van der Waals surface area contributed by atoms with Crippen LogP contribution in [0.5, 0.6) is 0 Å². The molecule has 152 valence electrons. The van der Waals surface area contributed by atoms with E-state index in [4.69, 9.17) is 4.74 Å². The summed E-state index contributed by atoms with van der Waals surface area (Å²) in [4.78, 5) is 22.4. The minimum atomic E-state index is -0.925. The summed E-state index contributed by atoms with van der Waals surface area (Å²) >= 11 is 0. The third-order valence-electron chi connectivity index (χ3n) is 5.44. The van der Waals surface area contributed by atoms with Crippen molar-refractivity contribution in [3.63, 3.8) is 0 Å². The number of nitrogens with zero attached hydrogens (tertiary/aromatic N) is 3. The number of carbonyl (C=O) groups is 1. The molecule has 9 heteroatoms. The van der Waals surface area contributed by atoms with Crippen LogP contribution in [0.25, 0.3) is 0 Å². The minimum Gasteiger partial charge on any atom is -0.381 e. The van der Waals surface area contributed by atoms with Crippen LogP contribution in [0, 0.1) is 22.7 Å². The average Bonchev–Trinajstić information content (AvgIpc) is 3.26. The largest absolute Gasteiger partial charge is 0.381 e. The molecule has 2 N–H and O–H groups in total. The SMILES string of the molecule is CCC[C@H]1CN(Cc2cnc[nH]2)C[C@@H]1NC(=O)C1(C#N)CCOCC1.Cl.Cl. The van der Waals surface area contributed by atoms with Crippen LogP contribution < -0.4 is 5.32 Å². The molecule has 2 fully saturated rings. The fourth-order valence-corrected chi connectivity index (χ4v) is 3.94. The Balaban J connectivity index is 0.00000182. The van der Waals surface area contributed by atoms with E-state index in [0.29, 0.717) is 32.0 Å². The highest BCUT2D eigenvalue weighted by molar-refractivity contribution is 5.86. The first-order chi connectivity index (χ1) is 12.2. The molecule has 1 amide bonds. The Hall–Kier alpha value is -1.33. The molecule has 2 aliphatic heterocycles. The van der Waals surface area contributed by atoms with E-state index in [0.717, 1.165) is 38.2 Å². The fraction of sp³-hybridized carbons (Fsp3) is 0.722. The summed E-state index contributed by atoms with van der Waals surface area (Å²) in [6.07, 6.45) is 6.67. The van der Waals surface area contributed by atoms with Crippen LogP contribution in [0.4, 0.5) is 0 Å². The summed E-state index contributed by atoms with van der Waals surface area (Å²) in [5, 5.41) is 12.8. The van der Waals surface area contributed by atoms with Crippen molar-refractivity contribution in [1.29, 1.82) is 5.26 Å². The lowest BCUT2D eigenvalue weighted by Crippen LogP contribution is -2.50. The summed E-state index contributed by atoms with van der Waals surface area (Å²) in [5.41, 5.74) is 0.159. The van der Waals surface area contributed by atoms with Crippen molar-refractivity contribution in [3.05, 3.63) is 18.2 Å². The van der Waals surface area contributed by atoms with Crippen molar-refractivity contribution >= 4 is 30.7 Å². The number of nitrogens with one attached hydrogen (secondary N) is 2. The molecule has 0 aromatic carbocycles. The Bertz CT molecular complexity index is 614. The number of aromatic nitrogens is 2. The third kappa shape index (κ3) is 5.58.